The van der Waals surface area contributed by atoms with E-state index in [4.69, 9.17) is 5.73 Å². The average Bonchev–Trinajstić information content (AvgIpc) is 2.65. The molecule has 0 radical (unpaired) electrons. The van der Waals surface area contributed by atoms with Gasteiger partial charge in [-0.2, -0.15) is 0 Å². The molecule has 0 aromatic rings. The summed E-state index contributed by atoms with van der Waals surface area (Å²) in [6, 6.07) is 0. The molecule has 0 heterocycles. The van der Waals surface area contributed by atoms with Gasteiger partial charge in [0.15, 0.2) is 0 Å². The number of allylic oxidation sites excluding steroid dienone is 5. The molecular weight excluding hydrogens is 346 g/mol. The molecule has 6 N–H and O–H groups in total. The third-order valence-corrected chi connectivity index (χ3v) is 4.47. The van der Waals surface area contributed by atoms with Crippen molar-refractivity contribution in [3.8, 4) is 0 Å². The third kappa shape index (κ3) is 21.3. The van der Waals surface area contributed by atoms with Crippen LogP contribution in [0.2, 0.25) is 0 Å². The molecule has 0 rings (SSSR count). The number of hydrogen-bond acceptors (Lipinski definition) is 5. The summed E-state index contributed by atoms with van der Waals surface area (Å²) in [4.78, 5) is 0. The Morgan fingerprint density at radius 3 is 1.61 bits per heavy atom. The highest BCUT2D eigenvalue weighted by molar-refractivity contribution is 5.05. The minimum absolute atomic E-state index is 0.705. The van der Waals surface area contributed by atoms with Crippen LogP contribution >= 0.6 is 0 Å². The van der Waals surface area contributed by atoms with Crippen molar-refractivity contribution in [1.29, 1.82) is 0 Å². The van der Waals surface area contributed by atoms with Crippen molar-refractivity contribution < 1.29 is 0 Å². The first-order valence-corrected chi connectivity index (χ1v) is 11.0. The molecule has 5 heteroatoms. The topological polar surface area (TPSA) is 74.1 Å². The lowest BCUT2D eigenvalue weighted by Gasteiger charge is -2.08. The van der Waals surface area contributed by atoms with E-state index in [1.807, 2.05) is 0 Å². The number of hydrogen-bond donors (Lipinski definition) is 5. The van der Waals surface area contributed by atoms with Gasteiger partial charge in [0.1, 0.15) is 0 Å². The van der Waals surface area contributed by atoms with Crippen LogP contribution in [0.3, 0.4) is 0 Å². The van der Waals surface area contributed by atoms with Crippen LogP contribution in [0, 0.1) is 0 Å². The fourth-order valence-electron chi connectivity index (χ4n) is 2.69. The molecule has 0 atom stereocenters. The minimum Gasteiger partial charge on any atom is -0.329 e. The number of nitrogens with one attached hydrogen (secondary N) is 4. The van der Waals surface area contributed by atoms with Gasteiger partial charge in [-0.1, -0.05) is 34.9 Å². The second-order valence-corrected chi connectivity index (χ2v) is 7.70. The lowest BCUT2D eigenvalue weighted by atomic mass is 10.1. The normalized spacial score (nSPS) is 12.5. The Hall–Kier alpha value is -0.980. The van der Waals surface area contributed by atoms with Gasteiger partial charge >= 0.3 is 0 Å². The third-order valence-electron chi connectivity index (χ3n) is 4.47. The monoisotopic (exact) mass is 393 g/mol. The first kappa shape index (κ1) is 27.0. The molecular formula is C23H47N5. The van der Waals surface area contributed by atoms with E-state index >= 15 is 0 Å². The molecule has 5 nitrogen and oxygen atoms in total. The molecule has 0 fully saturated rings. The van der Waals surface area contributed by atoms with Crippen LogP contribution in [0.1, 0.15) is 53.4 Å². The molecule has 28 heavy (non-hydrogen) atoms. The molecule has 0 aromatic carbocycles. The van der Waals surface area contributed by atoms with Crippen LogP contribution in [0.25, 0.3) is 0 Å². The van der Waals surface area contributed by atoms with Gasteiger partial charge in [0.05, 0.1) is 0 Å². The molecule has 0 aliphatic carbocycles. The maximum absolute atomic E-state index is 5.42. The Balaban J connectivity index is 3.48. The molecule has 0 aromatic heterocycles. The summed E-state index contributed by atoms with van der Waals surface area (Å²) in [6.45, 7) is 17.4. The Labute approximate surface area is 174 Å². The summed E-state index contributed by atoms with van der Waals surface area (Å²) in [5, 5.41) is 13.6. The van der Waals surface area contributed by atoms with E-state index in [-0.39, 0.29) is 0 Å². The molecule has 0 spiro atoms. The van der Waals surface area contributed by atoms with Crippen LogP contribution in [0.15, 0.2) is 34.9 Å². The molecule has 164 valence electrons. The van der Waals surface area contributed by atoms with Crippen LogP contribution in [0.5, 0.6) is 0 Å². The summed E-state index contributed by atoms with van der Waals surface area (Å²) in [6.07, 6.45) is 11.7. The molecule has 0 saturated carbocycles. The van der Waals surface area contributed by atoms with E-state index in [0.29, 0.717) is 6.54 Å². The fourth-order valence-corrected chi connectivity index (χ4v) is 2.69. The van der Waals surface area contributed by atoms with Gasteiger partial charge in [-0.15, -0.1) is 0 Å². The van der Waals surface area contributed by atoms with E-state index in [2.05, 4.69) is 67.2 Å². The predicted octanol–water partition coefficient (Wildman–Crippen LogP) is 2.72. The van der Waals surface area contributed by atoms with Crippen LogP contribution in [-0.4, -0.2) is 58.9 Å². The molecule has 0 bridgehead atoms. The van der Waals surface area contributed by atoms with E-state index in [9.17, 15) is 0 Å². The van der Waals surface area contributed by atoms with Crippen LogP contribution in [-0.2, 0) is 0 Å². The molecule has 0 unspecified atom stereocenters. The van der Waals surface area contributed by atoms with Gasteiger partial charge < -0.3 is 27.0 Å². The van der Waals surface area contributed by atoms with E-state index < -0.39 is 0 Å². The van der Waals surface area contributed by atoms with Crippen molar-refractivity contribution in [1.82, 2.24) is 21.3 Å². The average molecular weight is 394 g/mol. The Bertz CT molecular complexity index is 436. The molecule has 0 aliphatic rings. The van der Waals surface area contributed by atoms with Crippen molar-refractivity contribution in [3.05, 3.63) is 34.9 Å². The Kier molecular flexibility index (Phi) is 20.0. The second-order valence-electron chi connectivity index (χ2n) is 7.70. The lowest BCUT2D eigenvalue weighted by molar-refractivity contribution is 0.574. The second kappa shape index (κ2) is 20.7. The highest BCUT2D eigenvalue weighted by atomic mass is 15.0. The smallest absolute Gasteiger partial charge is 0.0137 e. The molecule has 0 amide bonds. The van der Waals surface area contributed by atoms with Crippen molar-refractivity contribution in [2.24, 2.45) is 5.73 Å². The molecule has 0 saturated heterocycles. The Morgan fingerprint density at radius 1 is 0.607 bits per heavy atom. The highest BCUT2D eigenvalue weighted by Crippen LogP contribution is 2.11. The summed E-state index contributed by atoms with van der Waals surface area (Å²) in [5.41, 5.74) is 9.82. The van der Waals surface area contributed by atoms with Gasteiger partial charge in [0.2, 0.25) is 0 Å². The fraction of sp³-hybridized carbons (Fsp3) is 0.739. The van der Waals surface area contributed by atoms with Crippen molar-refractivity contribution in [3.63, 3.8) is 0 Å². The number of rotatable bonds is 19. The number of nitrogens with two attached hydrogens (primary N) is 1. The van der Waals surface area contributed by atoms with Crippen LogP contribution in [0.4, 0.5) is 0 Å². The standard InChI is InChI=1S/C23H47N5/c1-21(2)7-5-8-22(3)9-6-10-23(4)11-13-25-15-17-27-19-20-28-18-16-26-14-12-24/h7,9,11,25-28H,5-6,8,10,12-20,24H2,1-4H3/b22-9+,23-11+. The quantitative estimate of drug-likeness (QED) is 0.172. The zero-order chi connectivity index (χ0) is 20.9. The van der Waals surface area contributed by atoms with Crippen molar-refractivity contribution >= 4 is 0 Å². The van der Waals surface area contributed by atoms with Crippen molar-refractivity contribution in [2.45, 2.75) is 53.4 Å². The maximum Gasteiger partial charge on any atom is 0.0137 e. The maximum atomic E-state index is 5.42. The largest absolute Gasteiger partial charge is 0.329 e. The first-order chi connectivity index (χ1) is 13.6. The summed E-state index contributed by atoms with van der Waals surface area (Å²) in [5.74, 6) is 0. The minimum atomic E-state index is 0.705. The SMILES string of the molecule is CC(C)=CCC/C(C)=C/CC/C(C)=C/CNCCNCCNCCNCCN. The van der Waals surface area contributed by atoms with Crippen LogP contribution < -0.4 is 27.0 Å². The van der Waals surface area contributed by atoms with E-state index in [1.165, 1.54) is 29.6 Å². The zero-order valence-electron chi connectivity index (χ0n) is 19.0. The first-order valence-electron chi connectivity index (χ1n) is 11.0. The van der Waals surface area contributed by atoms with E-state index in [1.54, 1.807) is 0 Å². The van der Waals surface area contributed by atoms with Gasteiger partial charge in [0, 0.05) is 58.9 Å². The van der Waals surface area contributed by atoms with Gasteiger partial charge in [0.25, 0.3) is 0 Å². The van der Waals surface area contributed by atoms with E-state index in [0.717, 1.165) is 65.2 Å². The lowest BCUT2D eigenvalue weighted by Crippen LogP contribution is -2.36. The molecule has 0 aliphatic heterocycles. The summed E-state index contributed by atoms with van der Waals surface area (Å²) >= 11 is 0. The van der Waals surface area contributed by atoms with Crippen molar-refractivity contribution in [2.75, 3.05) is 58.9 Å². The predicted molar refractivity (Wildman–Crippen MR) is 126 cm³/mol. The van der Waals surface area contributed by atoms with Gasteiger partial charge in [-0.25, -0.2) is 0 Å². The van der Waals surface area contributed by atoms with Gasteiger partial charge in [-0.05, 0) is 53.4 Å². The highest BCUT2D eigenvalue weighted by Gasteiger charge is 1.93. The van der Waals surface area contributed by atoms with Gasteiger partial charge in [-0.3, -0.25) is 0 Å². The summed E-state index contributed by atoms with van der Waals surface area (Å²) < 4.78 is 0. The summed E-state index contributed by atoms with van der Waals surface area (Å²) in [7, 11) is 0. The Morgan fingerprint density at radius 2 is 1.07 bits per heavy atom. The zero-order valence-corrected chi connectivity index (χ0v) is 19.0.